The molecule has 1 aromatic rings. The molecule has 1 rings (SSSR count). The first kappa shape index (κ1) is 12.5. The summed E-state index contributed by atoms with van der Waals surface area (Å²) in [5.41, 5.74) is 1.44. The van der Waals surface area contributed by atoms with Crippen molar-refractivity contribution in [3.05, 3.63) is 29.8 Å². The standard InChI is InChI=1S/C12H17N3O/c1-9(2)15-12(16)8-14-11-5-3-4-10(6-11)7-13/h3-6,9,12,14-16H,8H2,1-2H3. The van der Waals surface area contributed by atoms with Gasteiger partial charge in [-0.15, -0.1) is 0 Å². The van der Waals surface area contributed by atoms with Gasteiger partial charge in [0.05, 0.1) is 18.2 Å². The lowest BCUT2D eigenvalue weighted by Gasteiger charge is -2.16. The molecule has 16 heavy (non-hydrogen) atoms. The number of hydrogen-bond donors (Lipinski definition) is 3. The van der Waals surface area contributed by atoms with Crippen LogP contribution in [-0.2, 0) is 0 Å². The molecule has 0 spiro atoms. The van der Waals surface area contributed by atoms with Crippen LogP contribution in [0, 0.1) is 11.3 Å². The number of nitrogens with zero attached hydrogens (tertiary/aromatic N) is 1. The summed E-state index contributed by atoms with van der Waals surface area (Å²) >= 11 is 0. The second kappa shape index (κ2) is 6.11. The van der Waals surface area contributed by atoms with E-state index in [2.05, 4.69) is 16.7 Å². The van der Waals surface area contributed by atoms with Crippen molar-refractivity contribution in [2.45, 2.75) is 26.1 Å². The number of hydrogen-bond acceptors (Lipinski definition) is 4. The van der Waals surface area contributed by atoms with Crippen LogP contribution >= 0.6 is 0 Å². The van der Waals surface area contributed by atoms with E-state index in [1.54, 1.807) is 12.1 Å². The minimum atomic E-state index is -0.592. The van der Waals surface area contributed by atoms with Gasteiger partial charge in [0.2, 0.25) is 0 Å². The van der Waals surface area contributed by atoms with Gasteiger partial charge in [-0.2, -0.15) is 5.26 Å². The minimum absolute atomic E-state index is 0.238. The van der Waals surface area contributed by atoms with E-state index < -0.39 is 6.23 Å². The number of aliphatic hydroxyl groups is 1. The van der Waals surface area contributed by atoms with E-state index in [9.17, 15) is 5.11 Å². The molecule has 0 saturated carbocycles. The van der Waals surface area contributed by atoms with E-state index in [4.69, 9.17) is 5.26 Å². The predicted octanol–water partition coefficient (Wildman–Crippen LogP) is 1.29. The average Bonchev–Trinajstić information content (AvgIpc) is 2.26. The molecule has 0 amide bonds. The third-order valence-corrected chi connectivity index (χ3v) is 2.02. The quantitative estimate of drug-likeness (QED) is 0.653. The van der Waals surface area contributed by atoms with E-state index in [0.717, 1.165) is 5.69 Å². The van der Waals surface area contributed by atoms with Crippen molar-refractivity contribution in [3.8, 4) is 6.07 Å². The van der Waals surface area contributed by atoms with E-state index in [1.807, 2.05) is 26.0 Å². The molecule has 0 aliphatic carbocycles. The summed E-state index contributed by atoms with van der Waals surface area (Å²) < 4.78 is 0. The lowest BCUT2D eigenvalue weighted by molar-refractivity contribution is 0.140. The molecule has 0 saturated heterocycles. The van der Waals surface area contributed by atoms with Gasteiger partial charge in [0.15, 0.2) is 0 Å². The van der Waals surface area contributed by atoms with Crippen LogP contribution in [0.3, 0.4) is 0 Å². The maximum Gasteiger partial charge on any atom is 0.122 e. The molecular formula is C12H17N3O. The van der Waals surface area contributed by atoms with Crippen LogP contribution in [0.2, 0.25) is 0 Å². The van der Waals surface area contributed by atoms with Crippen LogP contribution < -0.4 is 10.6 Å². The van der Waals surface area contributed by atoms with Gasteiger partial charge >= 0.3 is 0 Å². The Morgan fingerprint density at radius 1 is 1.44 bits per heavy atom. The van der Waals surface area contributed by atoms with Gasteiger partial charge in [-0.25, -0.2) is 0 Å². The second-order valence-corrected chi connectivity index (χ2v) is 3.91. The molecular weight excluding hydrogens is 202 g/mol. The Bertz CT molecular complexity index is 371. The first-order chi connectivity index (χ1) is 7.61. The van der Waals surface area contributed by atoms with Gasteiger partial charge in [-0.3, -0.25) is 5.32 Å². The average molecular weight is 219 g/mol. The zero-order valence-corrected chi connectivity index (χ0v) is 9.57. The van der Waals surface area contributed by atoms with Crippen LogP contribution in [0.5, 0.6) is 0 Å². The highest BCUT2D eigenvalue weighted by Crippen LogP contribution is 2.09. The van der Waals surface area contributed by atoms with E-state index in [0.29, 0.717) is 12.1 Å². The van der Waals surface area contributed by atoms with Crippen LogP contribution in [0.1, 0.15) is 19.4 Å². The summed E-state index contributed by atoms with van der Waals surface area (Å²) in [6.07, 6.45) is -0.592. The smallest absolute Gasteiger partial charge is 0.122 e. The number of aliphatic hydroxyl groups excluding tert-OH is 1. The first-order valence-corrected chi connectivity index (χ1v) is 5.30. The van der Waals surface area contributed by atoms with Crippen molar-refractivity contribution in [1.29, 1.82) is 5.26 Å². The Morgan fingerprint density at radius 2 is 2.19 bits per heavy atom. The highest BCUT2D eigenvalue weighted by atomic mass is 16.3. The molecule has 0 aliphatic heterocycles. The van der Waals surface area contributed by atoms with Crippen molar-refractivity contribution in [3.63, 3.8) is 0 Å². The number of benzene rings is 1. The Hall–Kier alpha value is -1.57. The molecule has 0 fully saturated rings. The maximum absolute atomic E-state index is 9.57. The Labute approximate surface area is 95.9 Å². The van der Waals surface area contributed by atoms with Crippen molar-refractivity contribution in [2.75, 3.05) is 11.9 Å². The number of anilines is 1. The van der Waals surface area contributed by atoms with E-state index >= 15 is 0 Å². The summed E-state index contributed by atoms with van der Waals surface area (Å²) in [4.78, 5) is 0. The van der Waals surface area contributed by atoms with Gasteiger partial charge < -0.3 is 10.4 Å². The summed E-state index contributed by atoms with van der Waals surface area (Å²) in [7, 11) is 0. The van der Waals surface area contributed by atoms with E-state index in [1.165, 1.54) is 0 Å². The zero-order chi connectivity index (χ0) is 12.0. The molecule has 86 valence electrons. The molecule has 0 radical (unpaired) electrons. The molecule has 0 aromatic heterocycles. The SMILES string of the molecule is CC(C)NC(O)CNc1cccc(C#N)c1. The van der Waals surface area contributed by atoms with Crippen LogP contribution in [-0.4, -0.2) is 23.9 Å². The van der Waals surface area contributed by atoms with Crippen molar-refractivity contribution >= 4 is 5.69 Å². The zero-order valence-electron chi connectivity index (χ0n) is 9.57. The van der Waals surface area contributed by atoms with Crippen LogP contribution in [0.15, 0.2) is 24.3 Å². The molecule has 0 bridgehead atoms. The fourth-order valence-corrected chi connectivity index (χ4v) is 1.36. The topological polar surface area (TPSA) is 68.1 Å². The molecule has 1 aromatic carbocycles. The van der Waals surface area contributed by atoms with Crippen molar-refractivity contribution in [2.24, 2.45) is 0 Å². The molecule has 4 nitrogen and oxygen atoms in total. The lowest BCUT2D eigenvalue weighted by Crippen LogP contribution is -2.39. The van der Waals surface area contributed by atoms with Crippen LogP contribution in [0.25, 0.3) is 0 Å². The maximum atomic E-state index is 9.57. The molecule has 3 N–H and O–H groups in total. The molecule has 4 heteroatoms. The minimum Gasteiger partial charge on any atom is -0.381 e. The Balaban J connectivity index is 2.45. The Morgan fingerprint density at radius 3 is 2.81 bits per heavy atom. The predicted molar refractivity (Wildman–Crippen MR) is 63.9 cm³/mol. The number of nitriles is 1. The summed E-state index contributed by atoms with van der Waals surface area (Å²) in [6.45, 7) is 4.35. The number of rotatable bonds is 5. The van der Waals surface area contributed by atoms with Crippen molar-refractivity contribution < 1.29 is 5.11 Å². The van der Waals surface area contributed by atoms with Gasteiger partial charge in [0.1, 0.15) is 6.23 Å². The lowest BCUT2D eigenvalue weighted by atomic mass is 10.2. The van der Waals surface area contributed by atoms with Gasteiger partial charge in [0.25, 0.3) is 0 Å². The normalized spacial score (nSPS) is 12.2. The highest BCUT2D eigenvalue weighted by molar-refractivity contribution is 5.49. The largest absolute Gasteiger partial charge is 0.381 e. The number of nitrogens with one attached hydrogen (secondary N) is 2. The van der Waals surface area contributed by atoms with Crippen LogP contribution in [0.4, 0.5) is 5.69 Å². The third kappa shape index (κ3) is 4.30. The van der Waals surface area contributed by atoms with Gasteiger partial charge in [0, 0.05) is 11.7 Å². The first-order valence-electron chi connectivity index (χ1n) is 5.30. The van der Waals surface area contributed by atoms with Gasteiger partial charge in [-0.05, 0) is 32.0 Å². The molecule has 0 aliphatic rings. The molecule has 0 heterocycles. The van der Waals surface area contributed by atoms with Crippen molar-refractivity contribution in [1.82, 2.24) is 5.32 Å². The van der Waals surface area contributed by atoms with E-state index in [-0.39, 0.29) is 6.04 Å². The van der Waals surface area contributed by atoms with Gasteiger partial charge in [-0.1, -0.05) is 6.07 Å². The monoisotopic (exact) mass is 219 g/mol. The third-order valence-electron chi connectivity index (χ3n) is 2.02. The molecule has 1 atom stereocenters. The summed E-state index contributed by atoms with van der Waals surface area (Å²) in [5, 5.41) is 24.3. The Kier molecular flexibility index (Phi) is 4.77. The fraction of sp³-hybridized carbons (Fsp3) is 0.417. The summed E-state index contributed by atoms with van der Waals surface area (Å²) in [6, 6.07) is 9.48. The summed E-state index contributed by atoms with van der Waals surface area (Å²) in [5.74, 6) is 0. The molecule has 1 unspecified atom stereocenters. The highest BCUT2D eigenvalue weighted by Gasteiger charge is 2.04. The second-order valence-electron chi connectivity index (χ2n) is 3.91. The fourth-order valence-electron chi connectivity index (χ4n) is 1.36.